The summed E-state index contributed by atoms with van der Waals surface area (Å²) in [5.74, 6) is -0.858. The number of carboxylic acid groups (broad SMARTS) is 1. The third-order valence-electron chi connectivity index (χ3n) is 1.98. The van der Waals surface area contributed by atoms with Gasteiger partial charge in [-0.2, -0.15) is 0 Å². The van der Waals surface area contributed by atoms with E-state index in [0.717, 1.165) is 11.6 Å². The highest BCUT2D eigenvalue weighted by molar-refractivity contribution is 9.10. The standard InChI is InChI=1S/C12H12BrNO4/c13-9-7-8(2-4-12(16)17)1-3-10(9)18-6-5-11(14)15/h1-4,7H,5-6H2,(H2,14,15)(H,16,17). The number of nitrogens with two attached hydrogens (primary N) is 1. The molecular formula is C12H12BrNO4. The lowest BCUT2D eigenvalue weighted by molar-refractivity contribution is -0.131. The molecule has 1 amide bonds. The second-order valence-electron chi connectivity index (χ2n) is 3.43. The summed E-state index contributed by atoms with van der Waals surface area (Å²) >= 11 is 3.30. The van der Waals surface area contributed by atoms with Crippen LogP contribution in [0, 0.1) is 0 Å². The van der Waals surface area contributed by atoms with E-state index in [1.165, 1.54) is 6.08 Å². The second-order valence-corrected chi connectivity index (χ2v) is 4.28. The monoisotopic (exact) mass is 313 g/mol. The van der Waals surface area contributed by atoms with Crippen molar-refractivity contribution < 1.29 is 19.4 Å². The lowest BCUT2D eigenvalue weighted by Crippen LogP contribution is -2.14. The van der Waals surface area contributed by atoms with Gasteiger partial charge in [0.2, 0.25) is 5.91 Å². The molecule has 3 N–H and O–H groups in total. The summed E-state index contributed by atoms with van der Waals surface area (Å²) in [7, 11) is 0. The van der Waals surface area contributed by atoms with Gasteiger partial charge in [0.25, 0.3) is 0 Å². The highest BCUT2D eigenvalue weighted by atomic mass is 79.9. The summed E-state index contributed by atoms with van der Waals surface area (Å²) in [5.41, 5.74) is 5.72. The Morgan fingerprint density at radius 2 is 2.17 bits per heavy atom. The lowest BCUT2D eigenvalue weighted by atomic mass is 10.2. The highest BCUT2D eigenvalue weighted by Crippen LogP contribution is 2.26. The van der Waals surface area contributed by atoms with Crippen molar-refractivity contribution in [3.05, 3.63) is 34.3 Å². The first-order valence-corrected chi connectivity index (χ1v) is 5.90. The zero-order valence-corrected chi connectivity index (χ0v) is 11.0. The maximum Gasteiger partial charge on any atom is 0.328 e. The molecule has 0 spiro atoms. The van der Waals surface area contributed by atoms with Gasteiger partial charge < -0.3 is 15.6 Å². The van der Waals surface area contributed by atoms with Crippen LogP contribution in [0.3, 0.4) is 0 Å². The van der Waals surface area contributed by atoms with Crippen LogP contribution >= 0.6 is 15.9 Å². The summed E-state index contributed by atoms with van der Waals surface area (Å²) in [6.45, 7) is 0.207. The fourth-order valence-electron chi connectivity index (χ4n) is 1.17. The molecule has 0 heterocycles. The molecule has 18 heavy (non-hydrogen) atoms. The molecule has 0 fully saturated rings. The number of carbonyl (C=O) groups is 2. The average molecular weight is 314 g/mol. The smallest absolute Gasteiger partial charge is 0.328 e. The van der Waals surface area contributed by atoms with Crippen LogP contribution in [0.5, 0.6) is 5.75 Å². The van der Waals surface area contributed by atoms with E-state index in [9.17, 15) is 9.59 Å². The topological polar surface area (TPSA) is 89.6 Å². The number of ether oxygens (including phenoxy) is 1. The fourth-order valence-corrected chi connectivity index (χ4v) is 1.68. The van der Waals surface area contributed by atoms with E-state index < -0.39 is 11.9 Å². The molecule has 0 atom stereocenters. The highest BCUT2D eigenvalue weighted by Gasteiger charge is 2.03. The Morgan fingerprint density at radius 1 is 1.44 bits per heavy atom. The van der Waals surface area contributed by atoms with Gasteiger partial charge in [-0.15, -0.1) is 0 Å². The molecule has 0 aromatic heterocycles. The Kier molecular flexibility index (Phi) is 5.38. The first-order valence-electron chi connectivity index (χ1n) is 5.10. The van der Waals surface area contributed by atoms with Crippen LogP contribution in [0.4, 0.5) is 0 Å². The van der Waals surface area contributed by atoms with Crippen molar-refractivity contribution in [2.24, 2.45) is 5.73 Å². The first-order chi connectivity index (χ1) is 8.49. The SMILES string of the molecule is NC(=O)CCOc1ccc(C=CC(=O)O)cc1Br. The van der Waals surface area contributed by atoms with Crippen LogP contribution in [0.25, 0.3) is 6.08 Å². The van der Waals surface area contributed by atoms with Crippen LogP contribution in [0.1, 0.15) is 12.0 Å². The average Bonchev–Trinajstić information content (AvgIpc) is 2.28. The lowest BCUT2D eigenvalue weighted by Gasteiger charge is -2.07. The van der Waals surface area contributed by atoms with E-state index in [1.807, 2.05) is 0 Å². The Labute approximate surface area is 112 Å². The molecular weight excluding hydrogens is 302 g/mol. The number of rotatable bonds is 6. The van der Waals surface area contributed by atoms with Gasteiger partial charge in [-0.3, -0.25) is 4.79 Å². The number of benzene rings is 1. The summed E-state index contributed by atoms with van der Waals surface area (Å²) in [6, 6.07) is 5.12. The van der Waals surface area contributed by atoms with Crippen molar-refractivity contribution in [1.82, 2.24) is 0 Å². The molecule has 1 aromatic rings. The molecule has 96 valence electrons. The molecule has 1 rings (SSSR count). The minimum Gasteiger partial charge on any atom is -0.492 e. The summed E-state index contributed by atoms with van der Waals surface area (Å²) < 4.78 is 6.02. The largest absolute Gasteiger partial charge is 0.492 e. The van der Waals surface area contributed by atoms with Crippen LogP contribution < -0.4 is 10.5 Å². The Balaban J connectivity index is 2.67. The molecule has 0 aliphatic rings. The summed E-state index contributed by atoms with van der Waals surface area (Å²) in [4.78, 5) is 20.9. The normalized spacial score (nSPS) is 10.5. The quantitative estimate of drug-likeness (QED) is 0.784. The number of halogens is 1. The zero-order valence-electron chi connectivity index (χ0n) is 9.43. The molecule has 6 heteroatoms. The number of amides is 1. The minimum atomic E-state index is -1.01. The maximum atomic E-state index is 10.5. The predicted octanol–water partition coefficient (Wildman–Crippen LogP) is 1.80. The van der Waals surface area contributed by atoms with Crippen LogP contribution in [-0.4, -0.2) is 23.6 Å². The maximum absolute atomic E-state index is 10.5. The van der Waals surface area contributed by atoms with Gasteiger partial charge >= 0.3 is 5.97 Å². The molecule has 0 aliphatic heterocycles. The number of hydrogen-bond donors (Lipinski definition) is 2. The second kappa shape index (κ2) is 6.80. The Bertz CT molecular complexity index is 485. The first kappa shape index (κ1) is 14.2. The van der Waals surface area contributed by atoms with Gasteiger partial charge in [-0.25, -0.2) is 4.79 Å². The van der Waals surface area contributed by atoms with Crippen molar-refractivity contribution in [3.63, 3.8) is 0 Å². The van der Waals surface area contributed by atoms with Gasteiger partial charge in [0.15, 0.2) is 0 Å². The van der Waals surface area contributed by atoms with Crippen LogP contribution in [0.15, 0.2) is 28.7 Å². The van der Waals surface area contributed by atoms with Gasteiger partial charge in [0, 0.05) is 6.08 Å². The van der Waals surface area contributed by atoms with Crippen LogP contribution in [0.2, 0.25) is 0 Å². The third kappa shape index (κ3) is 5.01. The van der Waals surface area contributed by atoms with E-state index in [2.05, 4.69) is 15.9 Å². The molecule has 0 bridgehead atoms. The van der Waals surface area contributed by atoms with E-state index in [0.29, 0.717) is 10.2 Å². The van der Waals surface area contributed by atoms with E-state index in [1.54, 1.807) is 18.2 Å². The minimum absolute atomic E-state index is 0.146. The zero-order chi connectivity index (χ0) is 13.5. The van der Waals surface area contributed by atoms with Gasteiger partial charge in [-0.05, 0) is 39.7 Å². The van der Waals surface area contributed by atoms with Crippen molar-refractivity contribution >= 4 is 33.9 Å². The summed E-state index contributed by atoms with van der Waals surface area (Å²) in [6.07, 6.45) is 2.67. The molecule has 0 unspecified atom stereocenters. The molecule has 0 aliphatic carbocycles. The molecule has 5 nitrogen and oxygen atoms in total. The van der Waals surface area contributed by atoms with E-state index in [4.69, 9.17) is 15.6 Å². The van der Waals surface area contributed by atoms with Crippen molar-refractivity contribution in [2.75, 3.05) is 6.61 Å². The molecule has 0 saturated heterocycles. The number of aliphatic carboxylic acids is 1. The summed E-state index contributed by atoms with van der Waals surface area (Å²) in [5, 5.41) is 8.50. The molecule has 1 aromatic carbocycles. The van der Waals surface area contributed by atoms with Gasteiger partial charge in [0.05, 0.1) is 17.5 Å². The number of primary amides is 1. The molecule has 0 saturated carbocycles. The van der Waals surface area contributed by atoms with E-state index in [-0.39, 0.29) is 13.0 Å². The molecule has 0 radical (unpaired) electrons. The Morgan fingerprint density at radius 3 is 2.72 bits per heavy atom. The fraction of sp³-hybridized carbons (Fsp3) is 0.167. The number of carbonyl (C=O) groups excluding carboxylic acids is 1. The number of hydrogen-bond acceptors (Lipinski definition) is 3. The van der Waals surface area contributed by atoms with Crippen molar-refractivity contribution in [2.45, 2.75) is 6.42 Å². The third-order valence-corrected chi connectivity index (χ3v) is 2.60. The van der Waals surface area contributed by atoms with Crippen LogP contribution in [-0.2, 0) is 9.59 Å². The van der Waals surface area contributed by atoms with Crippen molar-refractivity contribution in [3.8, 4) is 5.75 Å². The van der Waals surface area contributed by atoms with Gasteiger partial charge in [-0.1, -0.05) is 6.07 Å². The van der Waals surface area contributed by atoms with Crippen molar-refractivity contribution in [1.29, 1.82) is 0 Å². The van der Waals surface area contributed by atoms with E-state index >= 15 is 0 Å². The van der Waals surface area contributed by atoms with Gasteiger partial charge in [0.1, 0.15) is 5.75 Å². The number of carboxylic acids is 1. The Hall–Kier alpha value is -1.82. The predicted molar refractivity (Wildman–Crippen MR) is 70.1 cm³/mol.